The van der Waals surface area contributed by atoms with Gasteiger partial charge in [-0.2, -0.15) is 10.5 Å². The lowest BCUT2D eigenvalue weighted by Gasteiger charge is -2.37. The molecule has 2 saturated heterocycles. The lowest BCUT2D eigenvalue weighted by molar-refractivity contribution is -0.129. The number of hydrogen-bond donors (Lipinski definition) is 0. The zero-order valence-electron chi connectivity index (χ0n) is 27.3. The van der Waals surface area contributed by atoms with Gasteiger partial charge in [0.1, 0.15) is 17.6 Å². The van der Waals surface area contributed by atoms with Crippen molar-refractivity contribution in [2.24, 2.45) is 0 Å². The van der Waals surface area contributed by atoms with Crippen LogP contribution in [0.15, 0.2) is 24.3 Å². The molecule has 3 atom stereocenters. The number of carbonyl (C=O) groups is 1. The Bertz CT molecular complexity index is 2040. The summed E-state index contributed by atoms with van der Waals surface area (Å²) in [6, 6.07) is 11.2. The van der Waals surface area contributed by atoms with Crippen molar-refractivity contribution in [3.8, 4) is 41.0 Å². The van der Waals surface area contributed by atoms with Gasteiger partial charge in [-0.15, -0.1) is 5.10 Å². The Morgan fingerprint density at radius 1 is 1.17 bits per heavy atom. The van der Waals surface area contributed by atoms with Gasteiger partial charge in [0.25, 0.3) is 5.91 Å². The van der Waals surface area contributed by atoms with Crippen LogP contribution in [0.25, 0.3) is 33.1 Å². The minimum Gasteiger partial charge on any atom is -0.474 e. The van der Waals surface area contributed by atoms with Gasteiger partial charge in [0.05, 0.1) is 24.6 Å². The average molecular weight is 667 g/mol. The highest BCUT2D eigenvalue weighted by Crippen LogP contribution is 2.41. The zero-order valence-corrected chi connectivity index (χ0v) is 28.0. The highest BCUT2D eigenvalue weighted by atomic mass is 35.5. The van der Waals surface area contributed by atoms with Crippen LogP contribution in [-0.2, 0) is 11.2 Å². The lowest BCUT2D eigenvalue weighted by Crippen LogP contribution is -2.46. The van der Waals surface area contributed by atoms with Crippen LogP contribution in [0.2, 0.25) is 5.02 Å². The maximum Gasteiger partial charge on any atom is 0.298 e. The molecule has 246 valence electrons. The first-order valence-electron chi connectivity index (χ1n) is 16.2. The van der Waals surface area contributed by atoms with Gasteiger partial charge in [0.2, 0.25) is 5.88 Å². The minimum atomic E-state index is -0.538. The third-order valence-corrected chi connectivity index (χ3v) is 10.1. The molecular formula is C36H36ClFN8O2. The Hall–Kier alpha value is -4.76. The van der Waals surface area contributed by atoms with Crippen molar-refractivity contribution in [2.45, 2.75) is 76.9 Å². The van der Waals surface area contributed by atoms with E-state index in [1.54, 1.807) is 28.6 Å². The summed E-state index contributed by atoms with van der Waals surface area (Å²) in [6.45, 7) is 5.17. The number of nitriles is 2. The fourth-order valence-electron chi connectivity index (χ4n) is 7.10. The number of ether oxygens (including phenoxy) is 1. The molecule has 2 aliphatic rings. The first kappa shape index (κ1) is 33.2. The second kappa shape index (κ2) is 14.2. The molecule has 2 aromatic heterocycles. The first-order valence-corrected chi connectivity index (χ1v) is 16.6. The van der Waals surface area contributed by atoms with Crippen molar-refractivity contribution in [1.29, 1.82) is 10.5 Å². The number of hydrogen-bond acceptors (Lipinski definition) is 8. The summed E-state index contributed by atoms with van der Waals surface area (Å²) in [4.78, 5) is 21.4. The van der Waals surface area contributed by atoms with Gasteiger partial charge < -0.3 is 14.5 Å². The number of benzene rings is 2. The number of rotatable bonds is 8. The summed E-state index contributed by atoms with van der Waals surface area (Å²) in [5, 5.41) is 29.3. The number of fused-ring (bicyclic) bond motifs is 3. The molecule has 0 aliphatic carbocycles. The number of nitrogens with zero attached hydrogens (tertiary/aromatic N) is 8. The predicted molar refractivity (Wildman–Crippen MR) is 181 cm³/mol. The van der Waals surface area contributed by atoms with E-state index >= 15 is 4.39 Å². The zero-order chi connectivity index (χ0) is 33.9. The quantitative estimate of drug-likeness (QED) is 0.205. The number of pyridine rings is 1. The highest BCUT2D eigenvalue weighted by molar-refractivity contribution is 6.31. The van der Waals surface area contributed by atoms with Crippen LogP contribution in [0, 0.1) is 47.2 Å². The molecule has 2 aromatic carbocycles. The number of aromatic nitrogens is 4. The van der Waals surface area contributed by atoms with Crippen molar-refractivity contribution in [3.63, 3.8) is 0 Å². The molecule has 1 amide bonds. The number of aryl methyl sites for hydroxylation is 1. The Morgan fingerprint density at radius 3 is 2.73 bits per heavy atom. The van der Waals surface area contributed by atoms with Crippen LogP contribution in [-0.4, -0.2) is 74.5 Å². The first-order chi connectivity index (χ1) is 23.3. The molecule has 10 nitrogen and oxygen atoms in total. The number of halogens is 2. The molecule has 0 N–H and O–H groups in total. The standard InChI is InChI=1S/C36H36ClFN8O2/c1-4-8-30(47)45-18-14-25(20-24(45)13-16-40)46-35-28-19-23(9-6-15-39)31(27-11-5-12-29(37)22(27)2)32(38)33(28)41-36(34(35)42-43-46)48-21-26-10-7-17-44(26)3/h5,11-12,19,24-26H,6-7,9-10,13-14,17-18,20-21H2,1-3H3/t24-,25+,26+/m1/s1. The van der Waals surface area contributed by atoms with E-state index in [1.165, 1.54) is 0 Å². The molecule has 0 radical (unpaired) electrons. The molecule has 12 heteroatoms. The van der Waals surface area contributed by atoms with E-state index in [-0.39, 0.29) is 48.3 Å². The maximum atomic E-state index is 17.1. The maximum absolute atomic E-state index is 17.1. The fourth-order valence-corrected chi connectivity index (χ4v) is 7.28. The van der Waals surface area contributed by atoms with E-state index in [1.807, 2.05) is 19.1 Å². The Labute approximate surface area is 284 Å². The topological polar surface area (TPSA) is 124 Å². The van der Waals surface area contributed by atoms with Crippen LogP contribution >= 0.6 is 11.6 Å². The monoisotopic (exact) mass is 666 g/mol. The number of piperidine rings is 1. The Balaban J connectivity index is 1.55. The summed E-state index contributed by atoms with van der Waals surface area (Å²) < 4.78 is 25.3. The molecule has 0 unspecified atom stereocenters. The van der Waals surface area contributed by atoms with Crippen molar-refractivity contribution in [2.75, 3.05) is 26.7 Å². The summed E-state index contributed by atoms with van der Waals surface area (Å²) in [7, 11) is 2.06. The third-order valence-electron chi connectivity index (χ3n) is 9.67. The van der Waals surface area contributed by atoms with E-state index in [9.17, 15) is 15.3 Å². The SMILES string of the molecule is CC#CC(=O)N1CC[C@H](n2nnc3c(OC[C@@H]4CCCN4C)nc4c(F)c(-c5cccc(Cl)c5C)c(CCC#N)cc4c32)C[C@H]1CC#N. The van der Waals surface area contributed by atoms with Crippen molar-refractivity contribution in [3.05, 3.63) is 46.2 Å². The second-order valence-electron chi connectivity index (χ2n) is 12.5. The predicted octanol–water partition coefficient (Wildman–Crippen LogP) is 6.15. The van der Waals surface area contributed by atoms with Crippen molar-refractivity contribution >= 4 is 39.4 Å². The molecule has 6 rings (SSSR count). The highest BCUT2D eigenvalue weighted by Gasteiger charge is 2.34. The van der Waals surface area contributed by atoms with Crippen molar-refractivity contribution < 1.29 is 13.9 Å². The van der Waals surface area contributed by atoms with E-state index in [2.05, 4.69) is 46.2 Å². The number of amides is 1. The molecule has 0 saturated carbocycles. The summed E-state index contributed by atoms with van der Waals surface area (Å²) >= 11 is 6.50. The molecule has 4 heterocycles. The number of likely N-dealkylation sites (N-methyl/N-ethyl adjacent to an activating group) is 1. The average Bonchev–Trinajstić information content (AvgIpc) is 3.71. The van der Waals surface area contributed by atoms with E-state index in [0.717, 1.165) is 24.9 Å². The van der Waals surface area contributed by atoms with E-state index in [0.29, 0.717) is 70.5 Å². The smallest absolute Gasteiger partial charge is 0.298 e. The lowest BCUT2D eigenvalue weighted by atomic mass is 9.91. The summed E-state index contributed by atoms with van der Waals surface area (Å²) in [6.07, 6.45) is 3.66. The van der Waals surface area contributed by atoms with Crippen LogP contribution in [0.1, 0.15) is 62.6 Å². The minimum absolute atomic E-state index is 0.107. The Kier molecular flexibility index (Phi) is 9.78. The van der Waals surface area contributed by atoms with Gasteiger partial charge in [-0.05, 0) is 94.3 Å². The molecule has 2 fully saturated rings. The van der Waals surface area contributed by atoms with Crippen LogP contribution in [0.3, 0.4) is 0 Å². The number of carbonyl (C=O) groups excluding carboxylic acids is 1. The fraction of sp³-hybridized carbons (Fsp3) is 0.444. The van der Waals surface area contributed by atoms with Gasteiger partial charge >= 0.3 is 0 Å². The van der Waals surface area contributed by atoms with Crippen LogP contribution in [0.4, 0.5) is 4.39 Å². The van der Waals surface area contributed by atoms with Crippen LogP contribution < -0.4 is 4.74 Å². The number of likely N-dealkylation sites (tertiary alicyclic amines) is 2. The Morgan fingerprint density at radius 2 is 2.00 bits per heavy atom. The molecule has 4 aromatic rings. The third kappa shape index (κ3) is 6.15. The molecule has 0 bridgehead atoms. The van der Waals surface area contributed by atoms with Gasteiger partial charge in [0, 0.05) is 41.0 Å². The van der Waals surface area contributed by atoms with Gasteiger partial charge in [-0.3, -0.25) is 4.79 Å². The second-order valence-corrected chi connectivity index (χ2v) is 12.9. The molecule has 0 spiro atoms. The van der Waals surface area contributed by atoms with Gasteiger partial charge in [0.15, 0.2) is 11.3 Å². The van der Waals surface area contributed by atoms with E-state index < -0.39 is 5.82 Å². The van der Waals surface area contributed by atoms with Gasteiger partial charge in [-0.25, -0.2) is 14.1 Å². The molecular weight excluding hydrogens is 631 g/mol. The van der Waals surface area contributed by atoms with Gasteiger partial charge in [-0.1, -0.05) is 34.9 Å². The van der Waals surface area contributed by atoms with Crippen LogP contribution in [0.5, 0.6) is 5.88 Å². The van der Waals surface area contributed by atoms with E-state index in [4.69, 9.17) is 21.3 Å². The summed E-state index contributed by atoms with van der Waals surface area (Å²) in [5.74, 6) is 4.61. The largest absolute Gasteiger partial charge is 0.474 e. The summed E-state index contributed by atoms with van der Waals surface area (Å²) in [5.41, 5.74) is 3.43. The normalized spacial score (nSPS) is 19.6. The molecule has 2 aliphatic heterocycles. The molecule has 48 heavy (non-hydrogen) atoms. The van der Waals surface area contributed by atoms with Crippen molar-refractivity contribution in [1.82, 2.24) is 29.8 Å².